The van der Waals surface area contributed by atoms with Crippen LogP contribution >= 0.6 is 0 Å². The minimum atomic E-state index is -0.479. The number of carbonyl (C=O) groups is 1. The predicted molar refractivity (Wildman–Crippen MR) is 112 cm³/mol. The number of aromatic nitrogens is 2. The first kappa shape index (κ1) is 20.1. The second-order valence-corrected chi connectivity index (χ2v) is 7.62. The molecule has 0 radical (unpaired) electrons. The third-order valence-electron chi connectivity index (χ3n) is 5.60. The van der Waals surface area contributed by atoms with Gasteiger partial charge in [0, 0.05) is 18.5 Å². The predicted octanol–water partition coefficient (Wildman–Crippen LogP) is 3.76. The van der Waals surface area contributed by atoms with E-state index in [1.807, 2.05) is 0 Å². The fourth-order valence-electron chi connectivity index (χ4n) is 3.87. The smallest absolute Gasteiger partial charge is 0.261 e. The molecule has 30 heavy (non-hydrogen) atoms. The highest BCUT2D eigenvalue weighted by Gasteiger charge is 2.17. The standard InChI is InChI=1S/C23H24FN3O3/c1-14(15-8-10-20(30-2)18(24)12-15)25-22(28)16-7-9-17-19(13-16)26-21-6-4-3-5-11-27(21)23(17)29/h7-10,12-14H,3-6,11H2,1-2H3,(H,25,28)/t14-/m1/s1. The number of rotatable bonds is 4. The Hall–Kier alpha value is -3.22. The Balaban J connectivity index is 1.60. The number of fused-ring (bicyclic) bond motifs is 2. The van der Waals surface area contributed by atoms with Gasteiger partial charge in [-0.25, -0.2) is 9.37 Å². The third-order valence-corrected chi connectivity index (χ3v) is 5.60. The van der Waals surface area contributed by atoms with Gasteiger partial charge in [0.25, 0.3) is 11.5 Å². The molecule has 0 spiro atoms. The van der Waals surface area contributed by atoms with E-state index in [-0.39, 0.29) is 17.2 Å². The summed E-state index contributed by atoms with van der Waals surface area (Å²) in [7, 11) is 1.40. The molecule has 1 amide bonds. The number of nitrogens with one attached hydrogen (secondary N) is 1. The molecule has 0 unspecified atom stereocenters. The quantitative estimate of drug-likeness (QED) is 0.712. The Morgan fingerprint density at radius 3 is 2.80 bits per heavy atom. The van der Waals surface area contributed by atoms with Gasteiger partial charge in [0.15, 0.2) is 11.6 Å². The summed E-state index contributed by atoms with van der Waals surface area (Å²) >= 11 is 0. The summed E-state index contributed by atoms with van der Waals surface area (Å²) in [5.41, 5.74) is 1.52. The van der Waals surface area contributed by atoms with Gasteiger partial charge in [-0.15, -0.1) is 0 Å². The molecule has 3 aromatic rings. The minimum absolute atomic E-state index is 0.0501. The number of nitrogens with zero attached hydrogens (tertiary/aromatic N) is 2. The van der Waals surface area contributed by atoms with E-state index in [1.54, 1.807) is 35.8 Å². The largest absolute Gasteiger partial charge is 0.494 e. The second-order valence-electron chi connectivity index (χ2n) is 7.62. The van der Waals surface area contributed by atoms with Crippen LogP contribution in [0.1, 0.15) is 54.0 Å². The monoisotopic (exact) mass is 409 g/mol. The van der Waals surface area contributed by atoms with E-state index in [0.29, 0.717) is 28.6 Å². The van der Waals surface area contributed by atoms with Crippen LogP contribution in [-0.2, 0) is 13.0 Å². The van der Waals surface area contributed by atoms with Crippen LogP contribution in [0.5, 0.6) is 5.75 Å². The van der Waals surface area contributed by atoms with E-state index in [4.69, 9.17) is 4.74 Å². The fraction of sp³-hybridized carbons (Fsp3) is 0.348. The molecule has 1 aliphatic heterocycles. The Morgan fingerprint density at radius 2 is 2.03 bits per heavy atom. The number of aryl methyl sites for hydroxylation is 1. The molecule has 0 aliphatic carbocycles. The number of ether oxygens (including phenoxy) is 1. The van der Waals surface area contributed by atoms with Gasteiger partial charge in [0.05, 0.1) is 24.1 Å². The summed E-state index contributed by atoms with van der Waals surface area (Å²) in [6, 6.07) is 9.14. The number of benzene rings is 2. The zero-order chi connectivity index (χ0) is 21.3. The molecule has 1 aromatic heterocycles. The minimum Gasteiger partial charge on any atom is -0.494 e. The molecule has 0 saturated carbocycles. The Labute approximate surface area is 173 Å². The van der Waals surface area contributed by atoms with Crippen molar-refractivity contribution in [3.8, 4) is 5.75 Å². The van der Waals surface area contributed by atoms with Gasteiger partial charge in [-0.2, -0.15) is 0 Å². The molecule has 156 valence electrons. The van der Waals surface area contributed by atoms with Gasteiger partial charge in [-0.1, -0.05) is 12.5 Å². The molecular formula is C23H24FN3O3. The zero-order valence-corrected chi connectivity index (χ0v) is 17.1. The van der Waals surface area contributed by atoms with Gasteiger partial charge < -0.3 is 10.1 Å². The highest BCUT2D eigenvalue weighted by molar-refractivity contribution is 5.97. The van der Waals surface area contributed by atoms with Gasteiger partial charge in [-0.3, -0.25) is 14.2 Å². The average molecular weight is 409 g/mol. The number of methoxy groups -OCH3 is 1. The number of halogens is 1. The van der Waals surface area contributed by atoms with Crippen molar-refractivity contribution in [3.05, 3.63) is 69.5 Å². The van der Waals surface area contributed by atoms with Crippen molar-refractivity contribution in [2.75, 3.05) is 7.11 Å². The van der Waals surface area contributed by atoms with Crippen LogP contribution in [-0.4, -0.2) is 22.6 Å². The van der Waals surface area contributed by atoms with E-state index >= 15 is 0 Å². The van der Waals surface area contributed by atoms with Gasteiger partial charge in [0.2, 0.25) is 0 Å². The molecule has 1 aliphatic rings. The second kappa shape index (κ2) is 8.26. The maximum absolute atomic E-state index is 14.0. The number of hydrogen-bond donors (Lipinski definition) is 1. The molecule has 0 bridgehead atoms. The van der Waals surface area contributed by atoms with Crippen molar-refractivity contribution in [2.24, 2.45) is 0 Å². The zero-order valence-electron chi connectivity index (χ0n) is 17.1. The van der Waals surface area contributed by atoms with Crippen LogP contribution in [0.15, 0.2) is 41.2 Å². The fourth-order valence-corrected chi connectivity index (χ4v) is 3.87. The molecule has 0 saturated heterocycles. The highest BCUT2D eigenvalue weighted by Crippen LogP contribution is 2.22. The first-order valence-corrected chi connectivity index (χ1v) is 10.2. The van der Waals surface area contributed by atoms with Crippen LogP contribution < -0.4 is 15.6 Å². The number of amides is 1. The summed E-state index contributed by atoms with van der Waals surface area (Å²) < 4.78 is 20.7. The first-order chi connectivity index (χ1) is 14.5. The van der Waals surface area contributed by atoms with Crippen LogP contribution in [0.2, 0.25) is 0 Å². The normalized spacial score (nSPS) is 14.6. The topological polar surface area (TPSA) is 73.2 Å². The molecular weight excluding hydrogens is 385 g/mol. The van der Waals surface area contributed by atoms with Crippen LogP contribution in [0, 0.1) is 5.82 Å². The third kappa shape index (κ3) is 3.79. The van der Waals surface area contributed by atoms with Crippen molar-refractivity contribution in [1.82, 2.24) is 14.9 Å². The molecule has 1 atom stereocenters. The van der Waals surface area contributed by atoms with E-state index in [1.165, 1.54) is 19.2 Å². The number of hydrogen-bond acceptors (Lipinski definition) is 4. The van der Waals surface area contributed by atoms with Crippen molar-refractivity contribution in [3.63, 3.8) is 0 Å². The molecule has 0 fully saturated rings. The molecule has 2 aromatic carbocycles. The van der Waals surface area contributed by atoms with Crippen molar-refractivity contribution >= 4 is 16.8 Å². The van der Waals surface area contributed by atoms with Crippen LogP contribution in [0.3, 0.4) is 0 Å². The lowest BCUT2D eigenvalue weighted by Crippen LogP contribution is -2.27. The lowest BCUT2D eigenvalue weighted by molar-refractivity contribution is 0.0940. The van der Waals surface area contributed by atoms with Crippen molar-refractivity contribution in [2.45, 2.75) is 45.2 Å². The van der Waals surface area contributed by atoms with Crippen molar-refractivity contribution in [1.29, 1.82) is 0 Å². The SMILES string of the molecule is COc1ccc([C@@H](C)NC(=O)c2ccc3c(=O)n4c(nc3c2)CCCCC4)cc1F. The molecule has 2 heterocycles. The van der Waals surface area contributed by atoms with Gasteiger partial charge in [-0.05, 0) is 55.7 Å². The molecule has 1 N–H and O–H groups in total. The van der Waals surface area contributed by atoms with E-state index in [0.717, 1.165) is 31.5 Å². The lowest BCUT2D eigenvalue weighted by Gasteiger charge is -2.16. The summed E-state index contributed by atoms with van der Waals surface area (Å²) in [5.74, 6) is 0.151. The van der Waals surface area contributed by atoms with Crippen LogP contribution in [0.4, 0.5) is 4.39 Å². The maximum atomic E-state index is 14.0. The lowest BCUT2D eigenvalue weighted by atomic mass is 10.1. The van der Waals surface area contributed by atoms with Gasteiger partial charge >= 0.3 is 0 Å². The molecule has 6 nitrogen and oxygen atoms in total. The first-order valence-electron chi connectivity index (χ1n) is 10.2. The number of carbonyl (C=O) groups excluding carboxylic acids is 1. The maximum Gasteiger partial charge on any atom is 0.261 e. The molecule has 7 heteroatoms. The highest BCUT2D eigenvalue weighted by atomic mass is 19.1. The summed E-state index contributed by atoms with van der Waals surface area (Å²) in [4.78, 5) is 30.3. The van der Waals surface area contributed by atoms with Crippen LogP contribution in [0.25, 0.3) is 10.9 Å². The molecule has 4 rings (SSSR count). The van der Waals surface area contributed by atoms with E-state index in [9.17, 15) is 14.0 Å². The summed E-state index contributed by atoms with van der Waals surface area (Å²) in [6.07, 6.45) is 3.83. The van der Waals surface area contributed by atoms with Crippen molar-refractivity contribution < 1.29 is 13.9 Å². The Kier molecular flexibility index (Phi) is 5.53. The van der Waals surface area contributed by atoms with E-state index < -0.39 is 11.9 Å². The van der Waals surface area contributed by atoms with Gasteiger partial charge in [0.1, 0.15) is 5.82 Å². The summed E-state index contributed by atoms with van der Waals surface area (Å²) in [6.45, 7) is 2.47. The summed E-state index contributed by atoms with van der Waals surface area (Å²) in [5, 5.41) is 3.39. The average Bonchev–Trinajstić information content (AvgIpc) is 2.99. The Morgan fingerprint density at radius 1 is 1.20 bits per heavy atom. The van der Waals surface area contributed by atoms with E-state index in [2.05, 4.69) is 10.3 Å². The Bertz CT molecular complexity index is 1170.